The molecule has 0 radical (unpaired) electrons. The van der Waals surface area contributed by atoms with Crippen molar-refractivity contribution in [3.63, 3.8) is 0 Å². The van der Waals surface area contributed by atoms with Gasteiger partial charge in [-0.15, -0.1) is 0 Å². The zero-order valence-corrected chi connectivity index (χ0v) is 16.4. The zero-order chi connectivity index (χ0) is 21.1. The Balaban J connectivity index is 2.01. The van der Waals surface area contributed by atoms with Crippen molar-refractivity contribution < 1.29 is 28.2 Å². The van der Waals surface area contributed by atoms with Crippen molar-refractivity contribution in [2.24, 2.45) is 0 Å². The van der Waals surface area contributed by atoms with E-state index in [-0.39, 0.29) is 38.9 Å². The lowest BCUT2D eigenvalue weighted by atomic mass is 10.0. The minimum Gasteiger partial charge on any atom is -0.496 e. The van der Waals surface area contributed by atoms with E-state index in [1.54, 1.807) is 24.3 Å². The predicted octanol–water partition coefficient (Wildman–Crippen LogP) is 5.00. The second-order valence-electron chi connectivity index (χ2n) is 6.62. The molecular formula is C23H26F2O4. The average Bonchev–Trinajstić information content (AvgIpc) is 2.74. The number of alkyl halides is 2. The highest BCUT2D eigenvalue weighted by atomic mass is 19.3. The quantitative estimate of drug-likeness (QED) is 0.234. The number of hydrogen-bond donors (Lipinski definition) is 1. The number of hydrogen-bond acceptors (Lipinski definition) is 4. The molecule has 0 heterocycles. The third-order valence-electron chi connectivity index (χ3n) is 4.41. The average molecular weight is 404 g/mol. The predicted molar refractivity (Wildman–Crippen MR) is 109 cm³/mol. The molecule has 0 aliphatic heterocycles. The summed E-state index contributed by atoms with van der Waals surface area (Å²) in [6.45, 7) is -0.0839. The van der Waals surface area contributed by atoms with Crippen LogP contribution in [-0.2, 0) is 4.79 Å². The van der Waals surface area contributed by atoms with Crippen LogP contribution in [0.15, 0.2) is 48.5 Å². The summed E-state index contributed by atoms with van der Waals surface area (Å²) < 4.78 is 38.1. The standard InChI is InChI=1S/C23H26F2O4/c1-28-22-16-21(29-14-6-12-23(24,25)11-5-13-26)10-9-19(22)15-20(17-27)18-7-3-2-4-8-18/h2-4,7-10,15-17,26H,5-6,11-14H2,1H3/b20-15+. The molecule has 4 nitrogen and oxygen atoms in total. The largest absolute Gasteiger partial charge is 0.496 e. The van der Waals surface area contributed by atoms with Gasteiger partial charge in [-0.2, -0.15) is 0 Å². The molecule has 0 aliphatic carbocycles. The van der Waals surface area contributed by atoms with Crippen molar-refractivity contribution in [2.45, 2.75) is 31.6 Å². The van der Waals surface area contributed by atoms with E-state index in [4.69, 9.17) is 14.6 Å². The van der Waals surface area contributed by atoms with Crippen molar-refractivity contribution >= 4 is 17.9 Å². The van der Waals surface area contributed by atoms with E-state index in [0.717, 1.165) is 11.8 Å². The van der Waals surface area contributed by atoms with E-state index in [0.29, 0.717) is 22.6 Å². The molecule has 0 unspecified atom stereocenters. The molecule has 0 saturated carbocycles. The molecule has 1 N–H and O–H groups in total. The molecule has 2 aromatic rings. The summed E-state index contributed by atoms with van der Waals surface area (Å²) in [5.74, 6) is -1.77. The van der Waals surface area contributed by atoms with E-state index in [1.807, 2.05) is 30.3 Å². The maximum atomic E-state index is 13.6. The minimum atomic E-state index is -2.79. The number of carbonyl (C=O) groups is 1. The lowest BCUT2D eigenvalue weighted by Crippen LogP contribution is -2.17. The number of carbonyl (C=O) groups excluding carboxylic acids is 1. The Morgan fingerprint density at radius 2 is 1.83 bits per heavy atom. The fraction of sp³-hybridized carbons (Fsp3) is 0.348. The number of benzene rings is 2. The number of aliphatic hydroxyl groups excluding tert-OH is 1. The van der Waals surface area contributed by atoms with Gasteiger partial charge in [-0.1, -0.05) is 30.3 Å². The van der Waals surface area contributed by atoms with Gasteiger partial charge in [0.25, 0.3) is 0 Å². The molecule has 156 valence electrons. The molecule has 2 rings (SSSR count). The summed E-state index contributed by atoms with van der Waals surface area (Å²) in [7, 11) is 1.52. The molecular weight excluding hydrogens is 378 g/mol. The normalized spacial score (nSPS) is 11.9. The van der Waals surface area contributed by atoms with Crippen molar-refractivity contribution in [1.29, 1.82) is 0 Å². The molecule has 0 spiro atoms. The number of methoxy groups -OCH3 is 1. The molecule has 0 bridgehead atoms. The number of aliphatic hydroxyl groups is 1. The van der Waals surface area contributed by atoms with Crippen molar-refractivity contribution in [1.82, 2.24) is 0 Å². The van der Waals surface area contributed by atoms with Crippen molar-refractivity contribution in [2.75, 3.05) is 20.3 Å². The van der Waals surface area contributed by atoms with Gasteiger partial charge in [0.05, 0.1) is 13.7 Å². The number of allylic oxidation sites excluding steroid dienone is 1. The van der Waals surface area contributed by atoms with E-state index < -0.39 is 5.92 Å². The first-order valence-corrected chi connectivity index (χ1v) is 9.51. The monoisotopic (exact) mass is 404 g/mol. The Hall–Kier alpha value is -2.73. The Kier molecular flexibility index (Phi) is 8.80. The summed E-state index contributed by atoms with van der Waals surface area (Å²) in [4.78, 5) is 11.5. The smallest absolute Gasteiger partial charge is 0.248 e. The van der Waals surface area contributed by atoms with Crippen LogP contribution < -0.4 is 9.47 Å². The lowest BCUT2D eigenvalue weighted by molar-refractivity contribution is -0.103. The molecule has 2 aromatic carbocycles. The topological polar surface area (TPSA) is 55.8 Å². The highest BCUT2D eigenvalue weighted by Gasteiger charge is 2.27. The van der Waals surface area contributed by atoms with Gasteiger partial charge in [0.1, 0.15) is 11.5 Å². The molecule has 0 aliphatic rings. The van der Waals surface area contributed by atoms with E-state index >= 15 is 0 Å². The van der Waals surface area contributed by atoms with Crippen molar-refractivity contribution in [3.05, 3.63) is 59.7 Å². The number of aldehydes is 1. The van der Waals surface area contributed by atoms with Crippen LogP contribution in [0.2, 0.25) is 0 Å². The summed E-state index contributed by atoms with van der Waals surface area (Å²) in [6, 6.07) is 14.4. The zero-order valence-electron chi connectivity index (χ0n) is 16.4. The molecule has 6 heteroatoms. The maximum absolute atomic E-state index is 13.6. The van der Waals surface area contributed by atoms with E-state index in [2.05, 4.69) is 0 Å². The van der Waals surface area contributed by atoms with E-state index in [1.165, 1.54) is 7.11 Å². The second-order valence-corrected chi connectivity index (χ2v) is 6.62. The molecule has 0 fully saturated rings. The summed E-state index contributed by atoms with van der Waals surface area (Å²) in [6.07, 6.45) is 2.20. The molecule has 0 atom stereocenters. The second kappa shape index (κ2) is 11.3. The Bertz CT molecular complexity index is 804. The van der Waals surface area contributed by atoms with Crippen LogP contribution in [0.4, 0.5) is 8.78 Å². The SMILES string of the molecule is COc1cc(OCCCC(F)(F)CCCO)ccc1/C=C(\C=O)c1ccccc1. The highest BCUT2D eigenvalue weighted by molar-refractivity contribution is 6.13. The van der Waals surface area contributed by atoms with Gasteiger partial charge in [0, 0.05) is 36.7 Å². The molecule has 0 amide bonds. The Morgan fingerprint density at radius 1 is 1.10 bits per heavy atom. The van der Waals surface area contributed by atoms with Gasteiger partial charge in [0.2, 0.25) is 5.92 Å². The summed E-state index contributed by atoms with van der Waals surface area (Å²) >= 11 is 0. The Morgan fingerprint density at radius 3 is 2.48 bits per heavy atom. The van der Waals surface area contributed by atoms with Crippen LogP contribution in [0, 0.1) is 0 Å². The van der Waals surface area contributed by atoms with Crippen molar-refractivity contribution in [3.8, 4) is 11.5 Å². The first-order valence-electron chi connectivity index (χ1n) is 9.51. The van der Waals surface area contributed by atoms with Gasteiger partial charge < -0.3 is 14.6 Å². The van der Waals surface area contributed by atoms with Crippen LogP contribution >= 0.6 is 0 Å². The van der Waals surface area contributed by atoms with Crippen LogP contribution in [0.25, 0.3) is 11.6 Å². The maximum Gasteiger partial charge on any atom is 0.248 e. The van der Waals surface area contributed by atoms with Gasteiger partial charge in [0.15, 0.2) is 6.29 Å². The van der Waals surface area contributed by atoms with Crippen LogP contribution in [0.1, 0.15) is 36.8 Å². The minimum absolute atomic E-state index is 0.0891. The fourth-order valence-electron chi connectivity index (χ4n) is 2.87. The van der Waals surface area contributed by atoms with Crippen LogP contribution in [0.5, 0.6) is 11.5 Å². The third-order valence-corrected chi connectivity index (χ3v) is 4.41. The van der Waals surface area contributed by atoms with Gasteiger partial charge in [-0.3, -0.25) is 4.79 Å². The lowest BCUT2D eigenvalue weighted by Gasteiger charge is -2.16. The Labute approximate surface area is 169 Å². The number of halogens is 2. The van der Waals surface area contributed by atoms with Gasteiger partial charge in [-0.25, -0.2) is 8.78 Å². The number of ether oxygens (including phenoxy) is 2. The number of rotatable bonds is 12. The first-order chi connectivity index (χ1) is 14.0. The summed E-state index contributed by atoms with van der Waals surface area (Å²) in [5, 5.41) is 8.66. The first kappa shape index (κ1) is 22.6. The van der Waals surface area contributed by atoms with Crippen LogP contribution in [-0.4, -0.2) is 37.6 Å². The van der Waals surface area contributed by atoms with Gasteiger partial charge in [-0.05, 0) is 36.6 Å². The van der Waals surface area contributed by atoms with Gasteiger partial charge >= 0.3 is 0 Å². The molecule has 0 saturated heterocycles. The highest BCUT2D eigenvalue weighted by Crippen LogP contribution is 2.29. The summed E-state index contributed by atoms with van der Waals surface area (Å²) in [5.41, 5.74) is 2.02. The molecule has 0 aromatic heterocycles. The fourth-order valence-corrected chi connectivity index (χ4v) is 2.87. The van der Waals surface area contributed by atoms with Crippen LogP contribution in [0.3, 0.4) is 0 Å². The molecule has 29 heavy (non-hydrogen) atoms. The third kappa shape index (κ3) is 7.31. The van der Waals surface area contributed by atoms with E-state index in [9.17, 15) is 13.6 Å².